The van der Waals surface area contributed by atoms with Gasteiger partial charge in [0.05, 0.1) is 23.8 Å². The van der Waals surface area contributed by atoms with E-state index in [1.807, 2.05) is 0 Å². The molecule has 0 saturated carbocycles. The molecule has 0 atom stereocenters. The van der Waals surface area contributed by atoms with E-state index < -0.39 is 33.8 Å². The first kappa shape index (κ1) is 18.8. The van der Waals surface area contributed by atoms with Gasteiger partial charge in [-0.2, -0.15) is 18.3 Å². The summed E-state index contributed by atoms with van der Waals surface area (Å²) in [7, 11) is 1.26. The molecule has 0 bridgehead atoms. The van der Waals surface area contributed by atoms with Gasteiger partial charge < -0.3 is 14.9 Å². The Morgan fingerprint density at radius 1 is 1.27 bits per heavy atom. The molecule has 0 aliphatic carbocycles. The van der Waals surface area contributed by atoms with E-state index in [0.717, 1.165) is 18.3 Å². The van der Waals surface area contributed by atoms with Crippen molar-refractivity contribution < 1.29 is 33.0 Å². The van der Waals surface area contributed by atoms with Gasteiger partial charge in [0.15, 0.2) is 11.5 Å². The van der Waals surface area contributed by atoms with Crippen LogP contribution in [0.1, 0.15) is 11.1 Å². The number of rotatable bonds is 5. The van der Waals surface area contributed by atoms with E-state index in [1.54, 1.807) is 0 Å². The number of halogens is 3. The van der Waals surface area contributed by atoms with E-state index in [9.17, 15) is 33.5 Å². The summed E-state index contributed by atoms with van der Waals surface area (Å²) >= 11 is 0. The summed E-state index contributed by atoms with van der Waals surface area (Å²) in [6.45, 7) is 0. The number of benzene rings is 2. The lowest BCUT2D eigenvalue weighted by Crippen LogP contribution is -2.06. The summed E-state index contributed by atoms with van der Waals surface area (Å²) in [5, 5.41) is 33.7. The second kappa shape index (κ2) is 7.17. The van der Waals surface area contributed by atoms with Crippen LogP contribution in [-0.2, 0) is 6.18 Å². The van der Waals surface area contributed by atoms with Gasteiger partial charge in [-0.05, 0) is 24.3 Å². The fourth-order valence-electron chi connectivity index (χ4n) is 1.97. The number of nitro benzene ring substituents is 1. The van der Waals surface area contributed by atoms with Gasteiger partial charge in [0.25, 0.3) is 5.69 Å². The number of phenolic OH excluding ortho intramolecular Hbond substituents is 2. The monoisotopic (exact) mass is 371 g/mol. The number of hydrogen-bond donors (Lipinski definition) is 3. The fraction of sp³-hybridized carbons (Fsp3) is 0.133. The van der Waals surface area contributed by atoms with E-state index in [1.165, 1.54) is 13.2 Å². The van der Waals surface area contributed by atoms with Gasteiger partial charge in [-0.1, -0.05) is 0 Å². The maximum atomic E-state index is 12.6. The Balaban J connectivity index is 2.28. The molecule has 2 aromatic carbocycles. The third-order valence-electron chi connectivity index (χ3n) is 3.22. The number of aromatic hydroxyl groups is 2. The molecule has 3 N–H and O–H groups in total. The summed E-state index contributed by atoms with van der Waals surface area (Å²) in [6, 6.07) is 4.42. The molecule has 0 fully saturated rings. The van der Waals surface area contributed by atoms with Gasteiger partial charge in [0, 0.05) is 11.6 Å². The lowest BCUT2D eigenvalue weighted by atomic mass is 10.1. The van der Waals surface area contributed by atoms with Crippen LogP contribution in [-0.4, -0.2) is 28.5 Å². The molecule has 0 amide bonds. The van der Waals surface area contributed by atoms with E-state index in [-0.39, 0.29) is 17.0 Å². The number of alkyl halides is 3. The highest BCUT2D eigenvalue weighted by Gasteiger charge is 2.33. The van der Waals surface area contributed by atoms with Crippen LogP contribution in [0.2, 0.25) is 0 Å². The number of nitro groups is 1. The minimum Gasteiger partial charge on any atom is -0.504 e. The van der Waals surface area contributed by atoms with Crippen molar-refractivity contribution in [2.75, 3.05) is 12.5 Å². The Hall–Kier alpha value is -3.50. The molecule has 2 aromatic rings. The molecule has 0 aliphatic rings. The number of hydrogen-bond acceptors (Lipinski definition) is 7. The molecule has 8 nitrogen and oxygen atoms in total. The van der Waals surface area contributed by atoms with E-state index in [2.05, 4.69) is 10.5 Å². The Kier molecular flexibility index (Phi) is 5.19. The first-order valence-electron chi connectivity index (χ1n) is 6.88. The quantitative estimate of drug-likeness (QED) is 0.321. The molecule has 0 aromatic heterocycles. The van der Waals surface area contributed by atoms with Crippen molar-refractivity contribution in [3.8, 4) is 17.2 Å². The predicted molar refractivity (Wildman–Crippen MR) is 85.6 cm³/mol. The molecule has 0 saturated heterocycles. The van der Waals surface area contributed by atoms with Crippen LogP contribution in [0.3, 0.4) is 0 Å². The van der Waals surface area contributed by atoms with Crippen LogP contribution in [0.25, 0.3) is 0 Å². The molecular weight excluding hydrogens is 359 g/mol. The highest BCUT2D eigenvalue weighted by molar-refractivity contribution is 5.83. The molecule has 0 unspecified atom stereocenters. The minimum atomic E-state index is -4.72. The van der Waals surface area contributed by atoms with Crippen LogP contribution in [0.5, 0.6) is 17.2 Å². The second-order valence-electron chi connectivity index (χ2n) is 4.95. The molecule has 0 radical (unpaired) electrons. The Bertz CT molecular complexity index is 868. The van der Waals surface area contributed by atoms with Crippen LogP contribution in [0.15, 0.2) is 35.4 Å². The van der Waals surface area contributed by atoms with Crippen molar-refractivity contribution in [3.63, 3.8) is 0 Å². The van der Waals surface area contributed by atoms with Crippen molar-refractivity contribution in [2.24, 2.45) is 5.10 Å². The van der Waals surface area contributed by atoms with Crippen LogP contribution in [0, 0.1) is 10.1 Å². The van der Waals surface area contributed by atoms with Gasteiger partial charge in [0.2, 0.25) is 5.75 Å². The number of nitrogens with one attached hydrogen (secondary N) is 1. The topological polar surface area (TPSA) is 117 Å². The van der Waals surface area contributed by atoms with Gasteiger partial charge >= 0.3 is 6.18 Å². The highest BCUT2D eigenvalue weighted by Crippen LogP contribution is 2.36. The molecule has 2 rings (SSSR count). The average Bonchev–Trinajstić information content (AvgIpc) is 2.56. The van der Waals surface area contributed by atoms with Crippen molar-refractivity contribution in [1.29, 1.82) is 0 Å². The number of phenols is 2. The number of nitrogens with zero attached hydrogens (tertiary/aromatic N) is 2. The summed E-state index contributed by atoms with van der Waals surface area (Å²) in [6.07, 6.45) is -3.59. The zero-order chi connectivity index (χ0) is 19.5. The van der Waals surface area contributed by atoms with Crippen molar-refractivity contribution in [1.82, 2.24) is 0 Å². The molecule has 11 heteroatoms. The maximum Gasteiger partial charge on any atom is 0.416 e. The number of methoxy groups -OCH3 is 1. The normalized spacial score (nSPS) is 11.5. The summed E-state index contributed by atoms with van der Waals surface area (Å²) in [4.78, 5) is 10.00. The summed E-state index contributed by atoms with van der Waals surface area (Å²) in [5.41, 5.74) is 0.314. The van der Waals surface area contributed by atoms with Crippen molar-refractivity contribution in [3.05, 3.63) is 51.6 Å². The Morgan fingerprint density at radius 3 is 2.54 bits per heavy atom. The third kappa shape index (κ3) is 4.12. The first-order chi connectivity index (χ1) is 12.1. The number of ether oxygens (including phenoxy) is 1. The average molecular weight is 371 g/mol. The molecule has 26 heavy (non-hydrogen) atoms. The van der Waals surface area contributed by atoms with E-state index >= 15 is 0 Å². The van der Waals surface area contributed by atoms with Crippen LogP contribution >= 0.6 is 0 Å². The van der Waals surface area contributed by atoms with E-state index in [0.29, 0.717) is 12.1 Å². The number of anilines is 1. The highest BCUT2D eigenvalue weighted by atomic mass is 19.4. The van der Waals surface area contributed by atoms with Crippen molar-refractivity contribution >= 4 is 17.6 Å². The maximum absolute atomic E-state index is 12.6. The van der Waals surface area contributed by atoms with Crippen molar-refractivity contribution in [2.45, 2.75) is 6.18 Å². The van der Waals surface area contributed by atoms with Crippen LogP contribution in [0.4, 0.5) is 24.5 Å². The standard InChI is InChI=1S/C15H12F3N3O5/c1-26-13-5-8(4-12(22)14(13)23)7-19-20-10-3-2-9(15(16,17)18)6-11(10)21(24)25/h2-7,20,22-23H,1H3/b19-7+. The lowest BCUT2D eigenvalue weighted by Gasteiger charge is -2.08. The second-order valence-corrected chi connectivity index (χ2v) is 4.95. The van der Waals surface area contributed by atoms with Gasteiger partial charge in [-0.25, -0.2) is 0 Å². The van der Waals surface area contributed by atoms with E-state index in [4.69, 9.17) is 4.74 Å². The van der Waals surface area contributed by atoms with Gasteiger partial charge in [-0.15, -0.1) is 0 Å². The van der Waals surface area contributed by atoms with Crippen LogP contribution < -0.4 is 10.2 Å². The zero-order valence-corrected chi connectivity index (χ0v) is 13.1. The smallest absolute Gasteiger partial charge is 0.416 e. The summed E-state index contributed by atoms with van der Waals surface area (Å²) in [5.74, 6) is -0.991. The molecule has 0 heterocycles. The lowest BCUT2D eigenvalue weighted by molar-refractivity contribution is -0.384. The fourth-order valence-corrected chi connectivity index (χ4v) is 1.97. The zero-order valence-electron chi connectivity index (χ0n) is 13.1. The molecule has 138 valence electrons. The predicted octanol–water partition coefficient (Wildman–Crippen LogP) is 3.48. The Morgan fingerprint density at radius 2 is 1.96 bits per heavy atom. The minimum absolute atomic E-state index is 0.0352. The third-order valence-corrected chi connectivity index (χ3v) is 3.22. The Labute approximate surface area is 144 Å². The summed E-state index contributed by atoms with van der Waals surface area (Å²) < 4.78 is 42.8. The largest absolute Gasteiger partial charge is 0.504 e. The first-order valence-corrected chi connectivity index (χ1v) is 6.88. The molecule has 0 aliphatic heterocycles. The number of hydrazone groups is 1. The molecule has 0 spiro atoms. The van der Waals surface area contributed by atoms with Gasteiger partial charge in [-0.3, -0.25) is 15.5 Å². The SMILES string of the molecule is COc1cc(/C=N/Nc2ccc(C(F)(F)F)cc2[N+](=O)[O-])cc(O)c1O. The van der Waals surface area contributed by atoms with Gasteiger partial charge in [0.1, 0.15) is 5.69 Å². The molecular formula is C15H12F3N3O5.